The summed E-state index contributed by atoms with van der Waals surface area (Å²) in [6, 6.07) is 10.2. The number of fused-ring (bicyclic) bond motifs is 1. The number of nitrogen functional groups attached to an aromatic ring is 1. The highest BCUT2D eigenvalue weighted by Gasteiger charge is 2.23. The quantitative estimate of drug-likeness (QED) is 0.617. The van der Waals surface area contributed by atoms with Crippen molar-refractivity contribution in [1.29, 1.82) is 0 Å². The predicted molar refractivity (Wildman–Crippen MR) is 96.9 cm³/mol. The molecule has 4 rings (SSSR count). The first-order valence-electron chi connectivity index (χ1n) is 8.31. The Kier molecular flexibility index (Phi) is 4.07. The van der Waals surface area contributed by atoms with Crippen LogP contribution in [-0.2, 0) is 6.54 Å². The molecule has 1 aromatic carbocycles. The molecule has 2 atom stereocenters. The lowest BCUT2D eigenvalue weighted by Crippen LogP contribution is -2.09. The minimum Gasteiger partial charge on any atom is -0.396 e. The summed E-state index contributed by atoms with van der Waals surface area (Å²) in [6.07, 6.45) is 6.72. The zero-order valence-corrected chi connectivity index (χ0v) is 13.7. The number of hydrogen-bond donors (Lipinski definition) is 3. The van der Waals surface area contributed by atoms with Gasteiger partial charge < -0.3 is 20.7 Å². The minimum absolute atomic E-state index is 0.124. The molecule has 3 aromatic rings. The first-order chi connectivity index (χ1) is 12.2. The Morgan fingerprint density at radius 3 is 2.80 bits per heavy atom. The number of imidazole rings is 1. The molecule has 7 heteroatoms. The fourth-order valence-electron chi connectivity index (χ4n) is 3.18. The number of nitrogens with zero attached hydrogens (tertiary/aromatic N) is 4. The lowest BCUT2D eigenvalue weighted by atomic mass is 10.1. The van der Waals surface area contributed by atoms with Crippen LogP contribution >= 0.6 is 0 Å². The Bertz CT molecular complexity index is 905. The molecule has 0 bridgehead atoms. The van der Waals surface area contributed by atoms with Crippen LogP contribution in [0.15, 0.2) is 48.8 Å². The average Bonchev–Trinajstić information content (AvgIpc) is 3.26. The molecule has 0 radical (unpaired) electrons. The Hall–Kier alpha value is -2.93. The van der Waals surface area contributed by atoms with Crippen molar-refractivity contribution in [1.82, 2.24) is 19.5 Å². The van der Waals surface area contributed by atoms with Crippen LogP contribution in [0.1, 0.15) is 18.0 Å². The molecular formula is C18H20N6O. The highest BCUT2D eigenvalue weighted by molar-refractivity contribution is 5.84. The molecule has 2 unspecified atom stereocenters. The van der Waals surface area contributed by atoms with Gasteiger partial charge in [-0.2, -0.15) is 9.97 Å². The van der Waals surface area contributed by atoms with Gasteiger partial charge in [-0.25, -0.2) is 4.98 Å². The highest BCUT2D eigenvalue weighted by atomic mass is 16.3. The molecule has 0 saturated carbocycles. The Labute approximate surface area is 145 Å². The summed E-state index contributed by atoms with van der Waals surface area (Å²) in [5, 5.41) is 12.6. The number of rotatable bonds is 5. The normalized spacial score (nSPS) is 19.6. The predicted octanol–water partition coefficient (Wildman–Crippen LogP) is 2.13. The molecule has 4 N–H and O–H groups in total. The van der Waals surface area contributed by atoms with Gasteiger partial charge in [0.1, 0.15) is 0 Å². The van der Waals surface area contributed by atoms with Crippen molar-refractivity contribution in [2.24, 2.45) is 5.92 Å². The standard InChI is InChI=1S/C18H20N6O/c19-18-22-16(20-9-12-4-2-1-3-5-12)15-17(23-18)24(11-21-15)14-7-6-13(8-14)10-25/h1-7,11,13-14,25H,8-10H2,(H3,19,20,22,23). The van der Waals surface area contributed by atoms with E-state index in [1.54, 1.807) is 6.33 Å². The van der Waals surface area contributed by atoms with Crippen LogP contribution < -0.4 is 11.1 Å². The number of allylic oxidation sites excluding steroid dienone is 1. The number of anilines is 2. The molecule has 0 amide bonds. The van der Waals surface area contributed by atoms with Gasteiger partial charge in [0.25, 0.3) is 0 Å². The van der Waals surface area contributed by atoms with Gasteiger partial charge in [0, 0.05) is 19.1 Å². The van der Waals surface area contributed by atoms with E-state index in [1.165, 1.54) is 0 Å². The molecular weight excluding hydrogens is 316 g/mol. The number of nitrogens with one attached hydrogen (secondary N) is 1. The van der Waals surface area contributed by atoms with Crippen molar-refractivity contribution < 1.29 is 5.11 Å². The summed E-state index contributed by atoms with van der Waals surface area (Å²) in [7, 11) is 0. The van der Waals surface area contributed by atoms with Gasteiger partial charge in [0.05, 0.1) is 12.4 Å². The van der Waals surface area contributed by atoms with E-state index in [0.717, 1.165) is 12.0 Å². The maximum Gasteiger partial charge on any atom is 0.224 e. The number of aliphatic hydroxyl groups excluding tert-OH is 1. The number of nitrogens with two attached hydrogens (primary N) is 1. The average molecular weight is 336 g/mol. The summed E-state index contributed by atoms with van der Waals surface area (Å²) >= 11 is 0. The van der Waals surface area contributed by atoms with E-state index in [2.05, 4.69) is 26.3 Å². The van der Waals surface area contributed by atoms with Gasteiger partial charge in [-0.1, -0.05) is 42.5 Å². The van der Waals surface area contributed by atoms with E-state index in [9.17, 15) is 5.11 Å². The van der Waals surface area contributed by atoms with Gasteiger partial charge in [0.2, 0.25) is 5.95 Å². The van der Waals surface area contributed by atoms with Gasteiger partial charge in [-0.05, 0) is 12.0 Å². The Morgan fingerprint density at radius 2 is 2.04 bits per heavy atom. The van der Waals surface area contributed by atoms with Crippen molar-refractivity contribution >= 4 is 22.9 Å². The molecule has 128 valence electrons. The largest absolute Gasteiger partial charge is 0.396 e. The van der Waals surface area contributed by atoms with E-state index in [0.29, 0.717) is 23.5 Å². The van der Waals surface area contributed by atoms with Gasteiger partial charge in [-0.15, -0.1) is 0 Å². The summed E-state index contributed by atoms with van der Waals surface area (Å²) < 4.78 is 1.99. The van der Waals surface area contributed by atoms with Crippen molar-refractivity contribution in [2.45, 2.75) is 19.0 Å². The van der Waals surface area contributed by atoms with Gasteiger partial charge in [0.15, 0.2) is 17.0 Å². The Morgan fingerprint density at radius 1 is 1.20 bits per heavy atom. The first-order valence-corrected chi connectivity index (χ1v) is 8.31. The smallest absolute Gasteiger partial charge is 0.224 e. The van der Waals surface area contributed by atoms with Crippen LogP contribution in [0.4, 0.5) is 11.8 Å². The number of aromatic nitrogens is 4. The lowest BCUT2D eigenvalue weighted by molar-refractivity contribution is 0.244. The third-order valence-electron chi connectivity index (χ3n) is 4.48. The molecule has 2 heterocycles. The van der Waals surface area contributed by atoms with Crippen LogP contribution in [0.5, 0.6) is 0 Å². The van der Waals surface area contributed by atoms with E-state index < -0.39 is 0 Å². The van der Waals surface area contributed by atoms with Crippen molar-refractivity contribution in [3.8, 4) is 0 Å². The number of benzene rings is 1. The molecule has 1 aliphatic carbocycles. The second kappa shape index (κ2) is 6.52. The maximum atomic E-state index is 9.33. The second-order valence-corrected chi connectivity index (χ2v) is 6.22. The zero-order valence-electron chi connectivity index (χ0n) is 13.7. The molecule has 25 heavy (non-hydrogen) atoms. The Balaban J connectivity index is 1.64. The summed E-state index contributed by atoms with van der Waals surface area (Å²) in [4.78, 5) is 13.2. The fourth-order valence-corrected chi connectivity index (χ4v) is 3.18. The minimum atomic E-state index is 0.124. The van der Waals surface area contributed by atoms with Crippen LogP contribution in [-0.4, -0.2) is 31.2 Å². The zero-order chi connectivity index (χ0) is 17.2. The highest BCUT2D eigenvalue weighted by Crippen LogP contribution is 2.31. The van der Waals surface area contributed by atoms with E-state index in [4.69, 9.17) is 5.73 Å². The molecule has 2 aromatic heterocycles. The number of aliphatic hydroxyl groups is 1. The molecule has 7 nitrogen and oxygen atoms in total. The fraction of sp³-hybridized carbons (Fsp3) is 0.278. The summed E-state index contributed by atoms with van der Waals surface area (Å²) in [5.41, 5.74) is 8.47. The topological polar surface area (TPSA) is 102 Å². The summed E-state index contributed by atoms with van der Waals surface area (Å²) in [6.45, 7) is 0.788. The van der Waals surface area contributed by atoms with E-state index in [1.807, 2.05) is 41.0 Å². The van der Waals surface area contributed by atoms with Crippen LogP contribution in [0, 0.1) is 5.92 Å². The van der Waals surface area contributed by atoms with Crippen molar-refractivity contribution in [2.75, 3.05) is 17.7 Å². The van der Waals surface area contributed by atoms with Gasteiger partial charge >= 0.3 is 0 Å². The lowest BCUT2D eigenvalue weighted by Gasteiger charge is -2.13. The van der Waals surface area contributed by atoms with Crippen LogP contribution in [0.2, 0.25) is 0 Å². The van der Waals surface area contributed by atoms with Gasteiger partial charge in [-0.3, -0.25) is 0 Å². The number of hydrogen-bond acceptors (Lipinski definition) is 6. The first kappa shape index (κ1) is 15.6. The second-order valence-electron chi connectivity index (χ2n) is 6.22. The van der Waals surface area contributed by atoms with Crippen molar-refractivity contribution in [3.63, 3.8) is 0 Å². The van der Waals surface area contributed by atoms with Crippen LogP contribution in [0.3, 0.4) is 0 Å². The third-order valence-corrected chi connectivity index (χ3v) is 4.48. The SMILES string of the molecule is Nc1nc(NCc2ccccc2)c2ncn(C3C=CC(CO)C3)c2n1. The van der Waals surface area contributed by atoms with E-state index in [-0.39, 0.29) is 24.5 Å². The molecule has 0 aliphatic heterocycles. The molecule has 0 saturated heterocycles. The molecule has 0 fully saturated rings. The summed E-state index contributed by atoms with van der Waals surface area (Å²) in [5.74, 6) is 1.02. The van der Waals surface area contributed by atoms with E-state index >= 15 is 0 Å². The molecule has 0 spiro atoms. The monoisotopic (exact) mass is 336 g/mol. The third kappa shape index (κ3) is 3.06. The maximum absolute atomic E-state index is 9.33. The van der Waals surface area contributed by atoms with Crippen LogP contribution in [0.25, 0.3) is 11.2 Å². The van der Waals surface area contributed by atoms with Crippen molar-refractivity contribution in [3.05, 3.63) is 54.4 Å². The molecule has 1 aliphatic rings.